The number of nitrogens with two attached hydrogens (primary N) is 1. The molecule has 0 radical (unpaired) electrons. The number of rotatable bonds is 6. The van der Waals surface area contributed by atoms with E-state index < -0.39 is 0 Å². The molecule has 0 aromatic rings. The molecule has 0 amide bonds. The van der Waals surface area contributed by atoms with Crippen molar-refractivity contribution in [1.29, 1.82) is 0 Å². The van der Waals surface area contributed by atoms with Crippen LogP contribution in [-0.4, -0.2) is 42.8 Å². The zero-order valence-corrected chi connectivity index (χ0v) is 7.58. The van der Waals surface area contributed by atoms with E-state index in [1.807, 2.05) is 0 Å². The van der Waals surface area contributed by atoms with Crippen molar-refractivity contribution in [2.75, 3.05) is 32.8 Å². The number of nitrogens with zero attached hydrogens (tertiary/aromatic N) is 1. The maximum atomic E-state index is 8.69. The highest BCUT2D eigenvalue weighted by atomic mass is 16.3. The first-order valence-electron chi connectivity index (χ1n) is 4.24. The lowest BCUT2D eigenvalue weighted by atomic mass is 10.2. The van der Waals surface area contributed by atoms with Gasteiger partial charge < -0.3 is 10.8 Å². The molecule has 0 aromatic carbocycles. The van der Waals surface area contributed by atoms with Gasteiger partial charge in [0.15, 0.2) is 0 Å². The van der Waals surface area contributed by atoms with Gasteiger partial charge in [0.2, 0.25) is 0 Å². The molecule has 0 unspecified atom stereocenters. The van der Waals surface area contributed by atoms with E-state index >= 15 is 0 Å². The summed E-state index contributed by atoms with van der Waals surface area (Å²) < 4.78 is 0. The van der Waals surface area contributed by atoms with Gasteiger partial charge >= 0.3 is 0 Å². The molecule has 0 bridgehead atoms. The second-order valence-electron chi connectivity index (χ2n) is 3.21. The van der Waals surface area contributed by atoms with Crippen LogP contribution in [0.15, 0.2) is 0 Å². The Kier molecular flexibility index (Phi) is 6.51. The van der Waals surface area contributed by atoms with Crippen LogP contribution in [0.25, 0.3) is 0 Å². The molecule has 11 heavy (non-hydrogen) atoms. The van der Waals surface area contributed by atoms with E-state index in [-0.39, 0.29) is 6.61 Å². The molecule has 3 heteroatoms. The van der Waals surface area contributed by atoms with E-state index in [1.54, 1.807) is 0 Å². The predicted molar refractivity (Wildman–Crippen MR) is 47.4 cm³/mol. The van der Waals surface area contributed by atoms with Crippen LogP contribution < -0.4 is 5.73 Å². The van der Waals surface area contributed by atoms with Gasteiger partial charge in [-0.05, 0) is 5.92 Å². The SMILES string of the molecule is CC(C)CN(CCN)CCO. The highest BCUT2D eigenvalue weighted by molar-refractivity contribution is 4.59. The Morgan fingerprint density at radius 1 is 1.36 bits per heavy atom. The zero-order valence-electron chi connectivity index (χ0n) is 7.58. The highest BCUT2D eigenvalue weighted by Gasteiger charge is 2.04. The molecule has 0 spiro atoms. The maximum absolute atomic E-state index is 8.69. The number of hydrogen-bond acceptors (Lipinski definition) is 3. The number of aliphatic hydroxyl groups is 1. The predicted octanol–water partition coefficient (Wildman–Crippen LogP) is -0.105. The summed E-state index contributed by atoms with van der Waals surface area (Å²) in [6.45, 7) is 7.90. The average Bonchev–Trinajstić information content (AvgIpc) is 1.87. The van der Waals surface area contributed by atoms with Crippen molar-refractivity contribution in [3.63, 3.8) is 0 Å². The normalized spacial score (nSPS) is 11.5. The molecule has 3 N–H and O–H groups in total. The largest absolute Gasteiger partial charge is 0.395 e. The van der Waals surface area contributed by atoms with Crippen LogP contribution >= 0.6 is 0 Å². The quantitative estimate of drug-likeness (QED) is 0.570. The first kappa shape index (κ1) is 10.9. The number of hydrogen-bond donors (Lipinski definition) is 2. The summed E-state index contributed by atoms with van der Waals surface area (Å²) >= 11 is 0. The van der Waals surface area contributed by atoms with Crippen molar-refractivity contribution in [3.8, 4) is 0 Å². The first-order chi connectivity index (χ1) is 5.20. The second-order valence-corrected chi connectivity index (χ2v) is 3.21. The summed E-state index contributed by atoms with van der Waals surface area (Å²) in [6.07, 6.45) is 0. The third kappa shape index (κ3) is 6.28. The van der Waals surface area contributed by atoms with Gasteiger partial charge in [0.05, 0.1) is 6.61 Å². The Morgan fingerprint density at radius 2 is 2.00 bits per heavy atom. The van der Waals surface area contributed by atoms with E-state index in [0.29, 0.717) is 12.5 Å². The Balaban J connectivity index is 3.50. The summed E-state index contributed by atoms with van der Waals surface area (Å²) in [5.74, 6) is 0.646. The van der Waals surface area contributed by atoms with Crippen LogP contribution in [0.3, 0.4) is 0 Å². The third-order valence-electron chi connectivity index (χ3n) is 1.48. The fraction of sp³-hybridized carbons (Fsp3) is 1.00. The number of aliphatic hydroxyl groups excluding tert-OH is 1. The lowest BCUT2D eigenvalue weighted by molar-refractivity contribution is 0.185. The van der Waals surface area contributed by atoms with Gasteiger partial charge in [0, 0.05) is 26.2 Å². The summed E-state index contributed by atoms with van der Waals surface area (Å²) in [5, 5.41) is 8.69. The zero-order chi connectivity index (χ0) is 8.69. The summed E-state index contributed by atoms with van der Waals surface area (Å²) in [6, 6.07) is 0. The molecule has 0 aliphatic carbocycles. The molecule has 0 aliphatic heterocycles. The van der Waals surface area contributed by atoms with Gasteiger partial charge in [-0.2, -0.15) is 0 Å². The molecule has 0 rings (SSSR count). The Morgan fingerprint density at radius 3 is 2.36 bits per heavy atom. The van der Waals surface area contributed by atoms with E-state index in [4.69, 9.17) is 10.8 Å². The Bertz CT molecular complexity index is 80.2. The molecule has 0 heterocycles. The van der Waals surface area contributed by atoms with Crippen LogP contribution in [-0.2, 0) is 0 Å². The van der Waals surface area contributed by atoms with Crippen molar-refractivity contribution < 1.29 is 5.11 Å². The molecule has 0 aromatic heterocycles. The molecular weight excluding hydrogens is 140 g/mol. The first-order valence-corrected chi connectivity index (χ1v) is 4.24. The Labute approximate surface area is 69.2 Å². The van der Waals surface area contributed by atoms with Crippen molar-refractivity contribution in [2.45, 2.75) is 13.8 Å². The van der Waals surface area contributed by atoms with Gasteiger partial charge in [-0.1, -0.05) is 13.8 Å². The Hall–Kier alpha value is -0.120. The molecule has 0 saturated carbocycles. The van der Waals surface area contributed by atoms with Gasteiger partial charge in [-0.25, -0.2) is 0 Å². The van der Waals surface area contributed by atoms with Gasteiger partial charge in [0.25, 0.3) is 0 Å². The molecule has 68 valence electrons. The summed E-state index contributed by atoms with van der Waals surface area (Å²) in [5.41, 5.74) is 5.41. The van der Waals surface area contributed by atoms with Crippen LogP contribution in [0, 0.1) is 5.92 Å². The van der Waals surface area contributed by atoms with Crippen LogP contribution in [0.5, 0.6) is 0 Å². The molecule has 0 atom stereocenters. The summed E-state index contributed by atoms with van der Waals surface area (Å²) in [4.78, 5) is 2.19. The monoisotopic (exact) mass is 160 g/mol. The lowest BCUT2D eigenvalue weighted by Crippen LogP contribution is -2.34. The van der Waals surface area contributed by atoms with E-state index in [1.165, 1.54) is 0 Å². The minimum atomic E-state index is 0.229. The van der Waals surface area contributed by atoms with Crippen LogP contribution in [0.1, 0.15) is 13.8 Å². The standard InChI is InChI=1S/C8H20N2O/c1-8(2)7-10(4-3-9)5-6-11/h8,11H,3-7,9H2,1-2H3. The fourth-order valence-electron chi connectivity index (χ4n) is 1.13. The average molecular weight is 160 g/mol. The van der Waals surface area contributed by atoms with Crippen molar-refractivity contribution >= 4 is 0 Å². The highest BCUT2D eigenvalue weighted by Crippen LogP contribution is 1.96. The molecule has 0 saturated heterocycles. The van der Waals surface area contributed by atoms with Gasteiger partial charge in [-0.3, -0.25) is 4.90 Å². The topological polar surface area (TPSA) is 49.5 Å². The molecular formula is C8H20N2O. The van der Waals surface area contributed by atoms with E-state index in [0.717, 1.165) is 19.6 Å². The third-order valence-corrected chi connectivity index (χ3v) is 1.48. The van der Waals surface area contributed by atoms with Gasteiger partial charge in [-0.15, -0.1) is 0 Å². The smallest absolute Gasteiger partial charge is 0.0558 e. The fourth-order valence-corrected chi connectivity index (χ4v) is 1.13. The van der Waals surface area contributed by atoms with E-state index in [2.05, 4.69) is 18.7 Å². The minimum absolute atomic E-state index is 0.229. The van der Waals surface area contributed by atoms with Crippen LogP contribution in [0.4, 0.5) is 0 Å². The molecule has 0 aliphatic rings. The molecule has 0 fully saturated rings. The van der Waals surface area contributed by atoms with Crippen molar-refractivity contribution in [3.05, 3.63) is 0 Å². The minimum Gasteiger partial charge on any atom is -0.395 e. The van der Waals surface area contributed by atoms with Gasteiger partial charge in [0.1, 0.15) is 0 Å². The maximum Gasteiger partial charge on any atom is 0.0558 e. The van der Waals surface area contributed by atoms with E-state index in [9.17, 15) is 0 Å². The molecule has 3 nitrogen and oxygen atoms in total. The summed E-state index contributed by atoms with van der Waals surface area (Å²) in [7, 11) is 0. The lowest BCUT2D eigenvalue weighted by Gasteiger charge is -2.22. The second kappa shape index (κ2) is 6.58. The van der Waals surface area contributed by atoms with Crippen molar-refractivity contribution in [2.24, 2.45) is 11.7 Å². The van der Waals surface area contributed by atoms with Crippen molar-refractivity contribution in [1.82, 2.24) is 4.90 Å². The van der Waals surface area contributed by atoms with Crippen LogP contribution in [0.2, 0.25) is 0 Å².